The summed E-state index contributed by atoms with van der Waals surface area (Å²) in [6, 6.07) is 0. The zero-order valence-corrected chi connectivity index (χ0v) is 22.7. The third-order valence-electron chi connectivity index (χ3n) is 6.31. The van der Waals surface area contributed by atoms with Crippen LogP contribution in [0.25, 0.3) is 0 Å². The maximum absolute atomic E-state index is 9.91. The molecule has 0 bridgehead atoms. The molecular formula is C30H60O3. The molecule has 0 radical (unpaired) electrons. The lowest BCUT2D eigenvalue weighted by atomic mass is 10.1. The summed E-state index contributed by atoms with van der Waals surface area (Å²) in [5, 5.41) is 9.91. The van der Waals surface area contributed by atoms with Gasteiger partial charge in [-0.1, -0.05) is 122 Å². The zero-order valence-electron chi connectivity index (χ0n) is 22.7. The molecule has 0 aromatic rings. The first-order chi connectivity index (χ1) is 16.3. The lowest BCUT2D eigenvalue weighted by Gasteiger charge is -2.12. The summed E-state index contributed by atoms with van der Waals surface area (Å²) < 4.78 is 11.2. The average molecular weight is 469 g/mol. The predicted octanol–water partition coefficient (Wildman–Crippen LogP) is 9.17. The van der Waals surface area contributed by atoms with Crippen LogP contribution in [0.2, 0.25) is 0 Å². The van der Waals surface area contributed by atoms with Gasteiger partial charge in [-0.25, -0.2) is 0 Å². The van der Waals surface area contributed by atoms with Gasteiger partial charge in [-0.3, -0.25) is 0 Å². The smallest absolute Gasteiger partial charge is 0.101 e. The Morgan fingerprint density at radius 1 is 0.485 bits per heavy atom. The van der Waals surface area contributed by atoms with E-state index in [1.54, 1.807) is 0 Å². The number of hydrogen-bond donors (Lipinski definition) is 1. The van der Waals surface area contributed by atoms with Crippen LogP contribution in [0.3, 0.4) is 0 Å². The van der Waals surface area contributed by atoms with Crippen LogP contribution in [0.4, 0.5) is 0 Å². The van der Waals surface area contributed by atoms with E-state index in [2.05, 4.69) is 26.0 Å². The van der Waals surface area contributed by atoms with E-state index in [1.807, 2.05) is 0 Å². The molecule has 0 spiro atoms. The van der Waals surface area contributed by atoms with Crippen molar-refractivity contribution in [3.05, 3.63) is 12.2 Å². The summed E-state index contributed by atoms with van der Waals surface area (Å²) >= 11 is 0. The molecule has 0 fully saturated rings. The molecule has 1 atom stereocenters. The molecule has 0 rings (SSSR count). The molecule has 0 aliphatic rings. The van der Waals surface area contributed by atoms with E-state index in [4.69, 9.17) is 9.47 Å². The molecule has 0 amide bonds. The van der Waals surface area contributed by atoms with Crippen molar-refractivity contribution in [1.82, 2.24) is 0 Å². The number of ether oxygens (including phenoxy) is 2. The van der Waals surface area contributed by atoms with Crippen molar-refractivity contribution in [3.8, 4) is 0 Å². The van der Waals surface area contributed by atoms with Gasteiger partial charge in [-0.15, -0.1) is 0 Å². The second-order valence-electron chi connectivity index (χ2n) is 9.86. The molecule has 33 heavy (non-hydrogen) atoms. The molecule has 0 aromatic carbocycles. The van der Waals surface area contributed by atoms with Gasteiger partial charge < -0.3 is 14.6 Å². The van der Waals surface area contributed by atoms with Crippen LogP contribution in [0.15, 0.2) is 12.2 Å². The fraction of sp³-hybridized carbons (Fsp3) is 0.933. The number of hydrogen-bond acceptors (Lipinski definition) is 3. The normalized spacial score (nSPS) is 12.7. The van der Waals surface area contributed by atoms with Crippen LogP contribution in [0, 0.1) is 0 Å². The summed E-state index contributed by atoms with van der Waals surface area (Å²) in [5.41, 5.74) is 0. The van der Waals surface area contributed by atoms with Gasteiger partial charge in [-0.05, 0) is 38.5 Å². The maximum Gasteiger partial charge on any atom is 0.101 e. The first-order valence-electron chi connectivity index (χ1n) is 14.8. The van der Waals surface area contributed by atoms with Gasteiger partial charge in [-0.2, -0.15) is 0 Å². The lowest BCUT2D eigenvalue weighted by molar-refractivity contribution is -0.0201. The minimum absolute atomic E-state index is 0.404. The fourth-order valence-electron chi connectivity index (χ4n) is 4.10. The maximum atomic E-state index is 9.91. The van der Waals surface area contributed by atoms with Crippen LogP contribution < -0.4 is 0 Å². The second kappa shape index (κ2) is 29.7. The van der Waals surface area contributed by atoms with Crippen LogP contribution in [-0.2, 0) is 9.47 Å². The summed E-state index contributed by atoms with van der Waals surface area (Å²) in [6.07, 6.45) is 31.9. The molecule has 0 aliphatic carbocycles. The number of unbranched alkanes of at least 4 members (excludes halogenated alkanes) is 18. The Labute approximate surface area is 208 Å². The summed E-state index contributed by atoms with van der Waals surface area (Å²) in [5.74, 6) is 0. The molecule has 198 valence electrons. The van der Waals surface area contributed by atoms with Crippen molar-refractivity contribution in [2.75, 3.05) is 26.4 Å². The SMILES string of the molecule is CCCCCCCCC/C=C\CCCCCCCCOCC(O)COCCCCCCCC. The van der Waals surface area contributed by atoms with Crippen molar-refractivity contribution >= 4 is 0 Å². The molecule has 1 unspecified atom stereocenters. The third-order valence-corrected chi connectivity index (χ3v) is 6.31. The highest BCUT2D eigenvalue weighted by Crippen LogP contribution is 2.11. The van der Waals surface area contributed by atoms with Crippen molar-refractivity contribution in [2.45, 2.75) is 155 Å². The van der Waals surface area contributed by atoms with Crippen LogP contribution in [-0.4, -0.2) is 37.6 Å². The van der Waals surface area contributed by atoms with E-state index in [0.29, 0.717) is 13.2 Å². The summed E-state index contributed by atoms with van der Waals surface area (Å²) in [6.45, 7) is 6.85. The molecule has 0 aliphatic heterocycles. The van der Waals surface area contributed by atoms with Crippen molar-refractivity contribution in [2.24, 2.45) is 0 Å². The summed E-state index contributed by atoms with van der Waals surface area (Å²) in [7, 11) is 0. The minimum Gasteiger partial charge on any atom is -0.388 e. The highest BCUT2D eigenvalue weighted by atomic mass is 16.5. The molecule has 1 N–H and O–H groups in total. The quantitative estimate of drug-likeness (QED) is 0.0918. The average Bonchev–Trinajstić information content (AvgIpc) is 2.82. The second-order valence-corrected chi connectivity index (χ2v) is 9.86. The van der Waals surface area contributed by atoms with E-state index in [9.17, 15) is 5.11 Å². The Kier molecular flexibility index (Phi) is 29.3. The van der Waals surface area contributed by atoms with Crippen molar-refractivity contribution in [1.29, 1.82) is 0 Å². The Morgan fingerprint density at radius 2 is 0.818 bits per heavy atom. The van der Waals surface area contributed by atoms with E-state index in [0.717, 1.165) is 26.1 Å². The number of rotatable bonds is 28. The Balaban J connectivity index is 3.17. The van der Waals surface area contributed by atoms with Gasteiger partial charge in [0.1, 0.15) is 6.10 Å². The number of aliphatic hydroxyl groups is 1. The molecule has 3 nitrogen and oxygen atoms in total. The lowest BCUT2D eigenvalue weighted by Crippen LogP contribution is -2.22. The highest BCUT2D eigenvalue weighted by Gasteiger charge is 2.04. The Hall–Kier alpha value is -0.380. The number of allylic oxidation sites excluding steroid dienone is 2. The van der Waals surface area contributed by atoms with Crippen molar-refractivity contribution < 1.29 is 14.6 Å². The first-order valence-corrected chi connectivity index (χ1v) is 14.8. The van der Waals surface area contributed by atoms with Crippen LogP contribution >= 0.6 is 0 Å². The van der Waals surface area contributed by atoms with Gasteiger partial charge in [0.25, 0.3) is 0 Å². The Bertz CT molecular complexity index is 370. The van der Waals surface area contributed by atoms with Gasteiger partial charge in [0.2, 0.25) is 0 Å². The van der Waals surface area contributed by atoms with Crippen molar-refractivity contribution in [3.63, 3.8) is 0 Å². The number of aliphatic hydroxyl groups excluding tert-OH is 1. The van der Waals surface area contributed by atoms with Gasteiger partial charge in [0.05, 0.1) is 13.2 Å². The molecule has 3 heteroatoms. The van der Waals surface area contributed by atoms with E-state index in [-0.39, 0.29) is 0 Å². The van der Waals surface area contributed by atoms with Gasteiger partial charge >= 0.3 is 0 Å². The van der Waals surface area contributed by atoms with Crippen LogP contribution in [0.1, 0.15) is 149 Å². The standard InChI is InChI=1S/C30H60O3/c1-3-5-7-9-11-12-13-14-15-16-17-18-19-20-21-23-25-27-33-29-30(31)28-32-26-24-22-10-8-6-4-2/h15-16,30-31H,3-14,17-29H2,1-2H3/b16-15-. The van der Waals surface area contributed by atoms with Gasteiger partial charge in [0.15, 0.2) is 0 Å². The molecule has 0 heterocycles. The van der Waals surface area contributed by atoms with E-state index >= 15 is 0 Å². The predicted molar refractivity (Wildman–Crippen MR) is 145 cm³/mol. The molecular weight excluding hydrogens is 408 g/mol. The largest absolute Gasteiger partial charge is 0.388 e. The van der Waals surface area contributed by atoms with E-state index < -0.39 is 6.10 Å². The zero-order chi connectivity index (χ0) is 24.1. The topological polar surface area (TPSA) is 38.7 Å². The molecule has 0 saturated heterocycles. The highest BCUT2D eigenvalue weighted by molar-refractivity contribution is 4.81. The monoisotopic (exact) mass is 468 g/mol. The molecule has 0 aromatic heterocycles. The summed E-state index contributed by atoms with van der Waals surface area (Å²) in [4.78, 5) is 0. The van der Waals surface area contributed by atoms with E-state index in [1.165, 1.54) is 122 Å². The first kappa shape index (κ1) is 32.6. The molecule has 0 saturated carbocycles. The fourth-order valence-corrected chi connectivity index (χ4v) is 4.10. The van der Waals surface area contributed by atoms with Gasteiger partial charge in [0, 0.05) is 13.2 Å². The third kappa shape index (κ3) is 29.6. The van der Waals surface area contributed by atoms with Crippen LogP contribution in [0.5, 0.6) is 0 Å². The Morgan fingerprint density at radius 3 is 1.21 bits per heavy atom. The minimum atomic E-state index is -0.482.